The Bertz CT molecular complexity index is 1600. The standard InChI is InChI=1S/C33H38N4O6S/c1-3-37-29(24-35-19-12-20-36(22-21-35)44(40,41)28-17-9-6-10-18-28)30(32(38)42-4-2)31(34-33(37)39)25-13-11-16-27(23-25)43-26-14-7-5-8-15-26/h5-11,13-18,23,31H,3-4,12,19-22,24H2,1-2H3,(H,34,39)/t31-/m0/s1. The third-order valence-electron chi connectivity index (χ3n) is 7.72. The Morgan fingerprint density at radius 3 is 2.30 bits per heavy atom. The number of rotatable bonds is 10. The van der Waals surface area contributed by atoms with Gasteiger partial charge in [-0.2, -0.15) is 4.31 Å². The first kappa shape index (κ1) is 31.2. The molecule has 3 aromatic carbocycles. The van der Waals surface area contributed by atoms with Crippen LogP contribution in [-0.2, 0) is 19.6 Å². The van der Waals surface area contributed by atoms with Crippen molar-refractivity contribution in [1.82, 2.24) is 19.4 Å². The predicted octanol–water partition coefficient (Wildman–Crippen LogP) is 4.78. The summed E-state index contributed by atoms with van der Waals surface area (Å²) >= 11 is 0. The van der Waals surface area contributed by atoms with E-state index in [0.29, 0.717) is 67.5 Å². The molecule has 0 unspecified atom stereocenters. The number of hydrogen-bond acceptors (Lipinski definition) is 7. The van der Waals surface area contributed by atoms with Crippen molar-refractivity contribution in [3.8, 4) is 11.5 Å². The van der Waals surface area contributed by atoms with Gasteiger partial charge in [0.2, 0.25) is 10.0 Å². The second-order valence-electron chi connectivity index (χ2n) is 10.5. The van der Waals surface area contributed by atoms with E-state index in [-0.39, 0.29) is 24.1 Å². The third-order valence-corrected chi connectivity index (χ3v) is 9.63. The number of likely N-dealkylation sites (N-methyl/N-ethyl adjacent to an activating group) is 1. The van der Waals surface area contributed by atoms with E-state index in [1.165, 1.54) is 4.31 Å². The quantitative estimate of drug-likeness (QED) is 0.326. The minimum absolute atomic E-state index is 0.176. The Labute approximate surface area is 258 Å². The Kier molecular flexibility index (Phi) is 9.99. The predicted molar refractivity (Wildman–Crippen MR) is 167 cm³/mol. The molecule has 44 heavy (non-hydrogen) atoms. The number of carbonyl (C=O) groups excluding carboxylic acids is 2. The summed E-state index contributed by atoms with van der Waals surface area (Å²) < 4.78 is 39.7. The van der Waals surface area contributed by atoms with Crippen LogP contribution in [-0.4, -0.2) is 80.4 Å². The van der Waals surface area contributed by atoms with Crippen LogP contribution in [0.4, 0.5) is 4.79 Å². The summed E-state index contributed by atoms with van der Waals surface area (Å²) in [5.74, 6) is 0.724. The van der Waals surface area contributed by atoms with Crippen LogP contribution in [0.25, 0.3) is 0 Å². The van der Waals surface area contributed by atoms with Crippen molar-refractivity contribution in [3.63, 3.8) is 0 Å². The molecule has 2 amide bonds. The van der Waals surface area contributed by atoms with Crippen molar-refractivity contribution in [3.05, 3.63) is 102 Å². The molecule has 0 aliphatic carbocycles. The van der Waals surface area contributed by atoms with Gasteiger partial charge in [0.05, 0.1) is 23.1 Å². The summed E-state index contributed by atoms with van der Waals surface area (Å²) in [5, 5.41) is 3.01. The molecule has 0 bridgehead atoms. The van der Waals surface area contributed by atoms with E-state index in [9.17, 15) is 18.0 Å². The first-order valence-electron chi connectivity index (χ1n) is 14.9. The molecule has 0 spiro atoms. The summed E-state index contributed by atoms with van der Waals surface area (Å²) in [4.78, 5) is 31.0. The maximum atomic E-state index is 13.6. The molecular formula is C33H38N4O6S. The van der Waals surface area contributed by atoms with Crippen LogP contribution < -0.4 is 10.1 Å². The summed E-state index contributed by atoms with van der Waals surface area (Å²) in [6.07, 6.45) is 0.606. The first-order valence-corrected chi connectivity index (χ1v) is 16.3. The minimum atomic E-state index is -3.64. The number of esters is 1. The van der Waals surface area contributed by atoms with E-state index in [1.54, 1.807) is 42.2 Å². The number of amides is 2. The lowest BCUT2D eigenvalue weighted by Gasteiger charge is -2.38. The van der Waals surface area contributed by atoms with Crippen molar-refractivity contribution >= 4 is 22.0 Å². The number of carbonyl (C=O) groups is 2. The molecule has 10 nitrogen and oxygen atoms in total. The Morgan fingerprint density at radius 2 is 1.59 bits per heavy atom. The topological polar surface area (TPSA) is 108 Å². The van der Waals surface area contributed by atoms with Gasteiger partial charge in [0, 0.05) is 38.4 Å². The van der Waals surface area contributed by atoms with Gasteiger partial charge in [0.1, 0.15) is 11.5 Å². The first-order chi connectivity index (χ1) is 21.3. The van der Waals surface area contributed by atoms with Gasteiger partial charge in [0.25, 0.3) is 0 Å². The van der Waals surface area contributed by atoms with Crippen LogP contribution in [0.3, 0.4) is 0 Å². The summed E-state index contributed by atoms with van der Waals surface area (Å²) in [6, 6.07) is 24.0. The maximum absolute atomic E-state index is 13.6. The number of nitrogens with zero attached hydrogens (tertiary/aromatic N) is 3. The van der Waals surface area contributed by atoms with Crippen LogP contribution >= 0.6 is 0 Å². The average molecular weight is 619 g/mol. The highest BCUT2D eigenvalue weighted by molar-refractivity contribution is 7.89. The Hall–Kier alpha value is -4.19. The van der Waals surface area contributed by atoms with Crippen molar-refractivity contribution in [2.45, 2.75) is 31.2 Å². The molecule has 5 rings (SSSR count). The van der Waals surface area contributed by atoms with Gasteiger partial charge in [-0.1, -0.05) is 48.5 Å². The molecule has 2 aliphatic rings. The zero-order valence-electron chi connectivity index (χ0n) is 25.0. The van der Waals surface area contributed by atoms with Gasteiger partial charge >= 0.3 is 12.0 Å². The lowest BCUT2D eigenvalue weighted by Crippen LogP contribution is -2.51. The molecule has 232 valence electrons. The van der Waals surface area contributed by atoms with E-state index < -0.39 is 22.0 Å². The van der Waals surface area contributed by atoms with Gasteiger partial charge in [-0.15, -0.1) is 0 Å². The van der Waals surface area contributed by atoms with Crippen molar-refractivity contribution < 1.29 is 27.5 Å². The minimum Gasteiger partial charge on any atom is -0.463 e. The fourth-order valence-corrected chi connectivity index (χ4v) is 7.08. The monoisotopic (exact) mass is 618 g/mol. The highest BCUT2D eigenvalue weighted by Crippen LogP contribution is 2.34. The summed E-state index contributed by atoms with van der Waals surface area (Å²) in [7, 11) is -3.64. The van der Waals surface area contributed by atoms with Crippen LogP contribution in [0.15, 0.2) is 101 Å². The molecule has 1 saturated heterocycles. The van der Waals surface area contributed by atoms with Gasteiger partial charge in [-0.05, 0) is 68.8 Å². The van der Waals surface area contributed by atoms with E-state index in [4.69, 9.17) is 9.47 Å². The van der Waals surface area contributed by atoms with Crippen LogP contribution in [0.5, 0.6) is 11.5 Å². The maximum Gasteiger partial charge on any atom is 0.338 e. The van der Waals surface area contributed by atoms with Gasteiger partial charge in [0.15, 0.2) is 0 Å². The van der Waals surface area contributed by atoms with Crippen LogP contribution in [0.2, 0.25) is 0 Å². The highest BCUT2D eigenvalue weighted by atomic mass is 32.2. The van der Waals surface area contributed by atoms with Gasteiger partial charge < -0.3 is 14.8 Å². The molecule has 2 aliphatic heterocycles. The number of para-hydroxylation sites is 1. The second-order valence-corrected chi connectivity index (χ2v) is 12.5. The summed E-state index contributed by atoms with van der Waals surface area (Å²) in [6.45, 7) is 6.12. The normalized spacial score (nSPS) is 18.5. The molecule has 0 radical (unpaired) electrons. The fraction of sp³-hybridized carbons (Fsp3) is 0.333. The smallest absolute Gasteiger partial charge is 0.338 e. The molecule has 1 atom stereocenters. The number of urea groups is 1. The largest absolute Gasteiger partial charge is 0.463 e. The zero-order chi connectivity index (χ0) is 31.1. The lowest BCUT2D eigenvalue weighted by atomic mass is 9.94. The molecule has 1 N–H and O–H groups in total. The molecule has 3 aromatic rings. The fourth-order valence-electron chi connectivity index (χ4n) is 5.59. The van der Waals surface area contributed by atoms with E-state index in [0.717, 1.165) is 0 Å². The molecule has 2 heterocycles. The highest BCUT2D eigenvalue weighted by Gasteiger charge is 2.39. The summed E-state index contributed by atoms with van der Waals surface area (Å²) in [5.41, 5.74) is 1.58. The second kappa shape index (κ2) is 14.1. The van der Waals surface area contributed by atoms with E-state index in [1.807, 2.05) is 61.5 Å². The number of nitrogens with one attached hydrogen (secondary N) is 1. The number of sulfonamides is 1. The Balaban J connectivity index is 1.45. The van der Waals surface area contributed by atoms with Crippen molar-refractivity contribution in [2.24, 2.45) is 0 Å². The van der Waals surface area contributed by atoms with E-state index >= 15 is 0 Å². The molecule has 11 heteroatoms. The number of ether oxygens (including phenoxy) is 2. The Morgan fingerprint density at radius 1 is 0.886 bits per heavy atom. The molecular weight excluding hydrogens is 580 g/mol. The molecule has 0 aromatic heterocycles. The van der Waals surface area contributed by atoms with Gasteiger partial charge in [-0.3, -0.25) is 9.80 Å². The SMILES string of the molecule is CCOC(=O)C1=C(CN2CCCN(S(=O)(=O)c3ccccc3)CC2)N(CC)C(=O)N[C@H]1c1cccc(Oc2ccccc2)c1. The lowest BCUT2D eigenvalue weighted by molar-refractivity contribution is -0.139. The number of hydrogen-bond donors (Lipinski definition) is 1. The average Bonchev–Trinajstić information content (AvgIpc) is 3.28. The van der Waals surface area contributed by atoms with Crippen LogP contribution in [0, 0.1) is 0 Å². The molecule has 1 fully saturated rings. The zero-order valence-corrected chi connectivity index (χ0v) is 25.8. The third kappa shape index (κ3) is 6.96. The van der Waals surface area contributed by atoms with Crippen LogP contribution in [0.1, 0.15) is 31.9 Å². The van der Waals surface area contributed by atoms with E-state index in [2.05, 4.69) is 10.2 Å². The van der Waals surface area contributed by atoms with Crippen molar-refractivity contribution in [1.29, 1.82) is 0 Å². The van der Waals surface area contributed by atoms with Crippen molar-refractivity contribution in [2.75, 3.05) is 45.9 Å². The van der Waals surface area contributed by atoms with Gasteiger partial charge in [-0.25, -0.2) is 18.0 Å². The molecule has 0 saturated carbocycles. The number of benzene rings is 3.